The maximum Gasteiger partial charge on any atom is 0.151 e. The minimum atomic E-state index is 0.312. The van der Waals surface area contributed by atoms with Gasteiger partial charge in [0.15, 0.2) is 6.29 Å². The van der Waals surface area contributed by atoms with Gasteiger partial charge in [0.2, 0.25) is 0 Å². The first kappa shape index (κ1) is 9.50. The van der Waals surface area contributed by atoms with Crippen molar-refractivity contribution in [2.75, 3.05) is 6.54 Å². The molecule has 0 aromatic heterocycles. The number of nitrogens with two attached hydrogens (primary N) is 1. The molecule has 0 aliphatic rings. The number of carbonyl (C=O) groups excluding carboxylic acids is 1. The molecule has 1 rings (SSSR count). The Kier molecular flexibility index (Phi) is 3.24. The molecule has 0 aliphatic heterocycles. The summed E-state index contributed by atoms with van der Waals surface area (Å²) in [4.78, 5) is 10.6. The maximum absolute atomic E-state index is 10.6. The second kappa shape index (κ2) is 4.44. The van der Waals surface area contributed by atoms with E-state index in [1.54, 1.807) is 6.07 Å². The van der Waals surface area contributed by atoms with Crippen LogP contribution in [-0.4, -0.2) is 12.8 Å². The van der Waals surface area contributed by atoms with Gasteiger partial charge in [0.25, 0.3) is 0 Å². The molecule has 1 aromatic carbocycles. The van der Waals surface area contributed by atoms with Crippen molar-refractivity contribution in [3.05, 3.63) is 34.9 Å². The fraction of sp³-hybridized carbons (Fsp3) is 0.182. The Labute approximate surface area is 77.8 Å². The van der Waals surface area contributed by atoms with Crippen molar-refractivity contribution in [3.8, 4) is 11.8 Å². The van der Waals surface area contributed by atoms with Gasteiger partial charge in [0.1, 0.15) is 0 Å². The van der Waals surface area contributed by atoms with Crippen molar-refractivity contribution in [2.24, 2.45) is 5.73 Å². The zero-order valence-corrected chi connectivity index (χ0v) is 7.50. The molecule has 66 valence electrons. The molecular weight excluding hydrogens is 162 g/mol. The first-order chi connectivity index (χ1) is 6.27. The zero-order valence-electron chi connectivity index (χ0n) is 7.50. The number of carbonyl (C=O) groups is 1. The average molecular weight is 173 g/mol. The van der Waals surface area contributed by atoms with Gasteiger partial charge in [-0.2, -0.15) is 0 Å². The minimum Gasteiger partial charge on any atom is -0.320 e. The maximum atomic E-state index is 10.6. The summed E-state index contributed by atoms with van der Waals surface area (Å²) in [6.07, 6.45) is 0.806. The average Bonchev–Trinajstić information content (AvgIpc) is 2.15. The fourth-order valence-corrected chi connectivity index (χ4v) is 1.03. The van der Waals surface area contributed by atoms with E-state index in [9.17, 15) is 4.79 Å². The van der Waals surface area contributed by atoms with Gasteiger partial charge in [0, 0.05) is 11.1 Å². The number of hydrogen-bond acceptors (Lipinski definition) is 2. The number of hydrogen-bond donors (Lipinski definition) is 1. The molecule has 2 nitrogen and oxygen atoms in total. The lowest BCUT2D eigenvalue weighted by Gasteiger charge is -1.97. The summed E-state index contributed by atoms with van der Waals surface area (Å²) in [6.45, 7) is 2.27. The van der Waals surface area contributed by atoms with Crippen LogP contribution < -0.4 is 5.73 Å². The van der Waals surface area contributed by atoms with Crippen LogP contribution in [0.5, 0.6) is 0 Å². The summed E-state index contributed by atoms with van der Waals surface area (Å²) in [5.41, 5.74) is 7.70. The summed E-state index contributed by atoms with van der Waals surface area (Å²) < 4.78 is 0. The molecule has 0 spiro atoms. The molecule has 0 radical (unpaired) electrons. The quantitative estimate of drug-likeness (QED) is 0.510. The molecule has 0 aliphatic carbocycles. The van der Waals surface area contributed by atoms with Crippen LogP contribution in [0.1, 0.15) is 21.5 Å². The first-order valence-corrected chi connectivity index (χ1v) is 4.02. The molecule has 0 unspecified atom stereocenters. The summed E-state index contributed by atoms with van der Waals surface area (Å²) >= 11 is 0. The van der Waals surface area contributed by atoms with Crippen molar-refractivity contribution in [2.45, 2.75) is 6.92 Å². The minimum absolute atomic E-state index is 0.312. The molecular formula is C11H11NO. The lowest BCUT2D eigenvalue weighted by molar-refractivity contribution is 0.112. The molecule has 0 heterocycles. The number of aldehydes is 1. The van der Waals surface area contributed by atoms with E-state index in [-0.39, 0.29) is 0 Å². The number of benzene rings is 1. The van der Waals surface area contributed by atoms with E-state index in [4.69, 9.17) is 5.73 Å². The fourth-order valence-electron chi connectivity index (χ4n) is 1.03. The predicted octanol–water partition coefficient (Wildman–Crippen LogP) is 1.12. The van der Waals surface area contributed by atoms with Gasteiger partial charge in [-0.25, -0.2) is 0 Å². The molecule has 0 amide bonds. The first-order valence-electron chi connectivity index (χ1n) is 4.02. The smallest absolute Gasteiger partial charge is 0.151 e. The van der Waals surface area contributed by atoms with Crippen LogP contribution in [0.25, 0.3) is 0 Å². The van der Waals surface area contributed by atoms with E-state index in [1.807, 2.05) is 19.1 Å². The summed E-state index contributed by atoms with van der Waals surface area (Å²) in [6, 6.07) is 5.53. The summed E-state index contributed by atoms with van der Waals surface area (Å²) in [5, 5.41) is 0. The van der Waals surface area contributed by atoms with Crippen LogP contribution >= 0.6 is 0 Å². The van der Waals surface area contributed by atoms with Crippen LogP contribution in [0.15, 0.2) is 18.2 Å². The number of rotatable bonds is 1. The van der Waals surface area contributed by atoms with Gasteiger partial charge in [-0.05, 0) is 18.6 Å². The third-order valence-electron chi connectivity index (χ3n) is 1.66. The second-order valence-corrected chi connectivity index (χ2v) is 2.71. The van der Waals surface area contributed by atoms with E-state index >= 15 is 0 Å². The third-order valence-corrected chi connectivity index (χ3v) is 1.66. The molecule has 1 aromatic rings. The van der Waals surface area contributed by atoms with Crippen molar-refractivity contribution < 1.29 is 4.79 Å². The van der Waals surface area contributed by atoms with Gasteiger partial charge in [-0.3, -0.25) is 4.79 Å². The van der Waals surface area contributed by atoms with E-state index in [0.29, 0.717) is 12.1 Å². The summed E-state index contributed by atoms with van der Waals surface area (Å²) in [7, 11) is 0. The zero-order chi connectivity index (χ0) is 9.68. The van der Waals surface area contributed by atoms with Crippen LogP contribution in [-0.2, 0) is 0 Å². The van der Waals surface area contributed by atoms with E-state index in [2.05, 4.69) is 11.8 Å². The van der Waals surface area contributed by atoms with Gasteiger partial charge < -0.3 is 5.73 Å². The highest BCUT2D eigenvalue weighted by Crippen LogP contribution is 2.07. The number of aryl methyl sites for hydroxylation is 1. The van der Waals surface area contributed by atoms with Crippen LogP contribution in [0, 0.1) is 18.8 Å². The standard InChI is InChI=1S/C11H11NO/c1-9-4-5-11(8-13)10(7-9)3-2-6-12/h4-5,7-8H,6,12H2,1H3. The predicted molar refractivity (Wildman–Crippen MR) is 52.5 cm³/mol. The van der Waals surface area contributed by atoms with Crippen molar-refractivity contribution in [1.82, 2.24) is 0 Å². The molecule has 2 N–H and O–H groups in total. The second-order valence-electron chi connectivity index (χ2n) is 2.71. The van der Waals surface area contributed by atoms with E-state index < -0.39 is 0 Å². The Morgan fingerprint density at radius 1 is 1.54 bits per heavy atom. The molecule has 13 heavy (non-hydrogen) atoms. The topological polar surface area (TPSA) is 43.1 Å². The Bertz CT molecular complexity index is 371. The van der Waals surface area contributed by atoms with E-state index in [0.717, 1.165) is 17.4 Å². The van der Waals surface area contributed by atoms with Crippen LogP contribution in [0.4, 0.5) is 0 Å². The Morgan fingerprint density at radius 2 is 2.31 bits per heavy atom. The SMILES string of the molecule is Cc1ccc(C=O)c(C#CCN)c1. The Balaban J connectivity index is 3.15. The van der Waals surface area contributed by atoms with Gasteiger partial charge in [-0.1, -0.05) is 24.0 Å². The van der Waals surface area contributed by atoms with Gasteiger partial charge in [-0.15, -0.1) is 0 Å². The lowest BCUT2D eigenvalue weighted by atomic mass is 10.1. The molecule has 2 heteroatoms. The largest absolute Gasteiger partial charge is 0.320 e. The highest BCUT2D eigenvalue weighted by Gasteiger charge is 1.97. The third kappa shape index (κ3) is 2.43. The van der Waals surface area contributed by atoms with Gasteiger partial charge in [0.05, 0.1) is 6.54 Å². The Morgan fingerprint density at radius 3 is 2.92 bits per heavy atom. The van der Waals surface area contributed by atoms with Crippen LogP contribution in [0.3, 0.4) is 0 Å². The lowest BCUT2D eigenvalue weighted by Crippen LogP contribution is -1.94. The van der Waals surface area contributed by atoms with Gasteiger partial charge >= 0.3 is 0 Å². The molecule has 0 fully saturated rings. The Hall–Kier alpha value is -1.59. The molecule has 0 saturated heterocycles. The molecule has 0 saturated carbocycles. The van der Waals surface area contributed by atoms with E-state index in [1.165, 1.54) is 0 Å². The molecule has 0 atom stereocenters. The summed E-state index contributed by atoms with van der Waals surface area (Å²) in [5.74, 6) is 5.58. The normalized spacial score (nSPS) is 8.77. The van der Waals surface area contributed by atoms with Crippen LogP contribution in [0.2, 0.25) is 0 Å². The monoisotopic (exact) mass is 173 g/mol. The molecule has 0 bridgehead atoms. The van der Waals surface area contributed by atoms with Crippen molar-refractivity contribution in [3.63, 3.8) is 0 Å². The highest BCUT2D eigenvalue weighted by molar-refractivity contribution is 5.79. The van der Waals surface area contributed by atoms with Crippen molar-refractivity contribution >= 4 is 6.29 Å². The van der Waals surface area contributed by atoms with Crippen molar-refractivity contribution in [1.29, 1.82) is 0 Å². The highest BCUT2D eigenvalue weighted by atomic mass is 16.1.